The first-order valence-corrected chi connectivity index (χ1v) is 10.6. The maximum absolute atomic E-state index is 12.4. The molecule has 0 spiro atoms. The molecule has 2 fully saturated rings. The number of carbonyl (C=O) groups excluding carboxylic acids is 1. The Labute approximate surface area is 154 Å². The smallest absolute Gasteiger partial charge is 0.222 e. The summed E-state index contributed by atoms with van der Waals surface area (Å²) in [4.78, 5) is 25.5. The summed E-state index contributed by atoms with van der Waals surface area (Å²) in [7, 11) is 0. The highest BCUT2D eigenvalue weighted by Crippen LogP contribution is 2.26. The van der Waals surface area contributed by atoms with E-state index >= 15 is 0 Å². The summed E-state index contributed by atoms with van der Waals surface area (Å²) in [6.45, 7) is 6.80. The third-order valence-electron chi connectivity index (χ3n) is 4.98. The van der Waals surface area contributed by atoms with Gasteiger partial charge in [0, 0.05) is 56.7 Å². The zero-order valence-corrected chi connectivity index (χ0v) is 15.9. The van der Waals surface area contributed by atoms with Crippen LogP contribution in [-0.4, -0.2) is 65.0 Å². The second-order valence-corrected chi connectivity index (χ2v) is 8.00. The number of thioether (sulfide) groups is 1. The van der Waals surface area contributed by atoms with Crippen LogP contribution in [0, 0.1) is 5.92 Å². The molecule has 1 aromatic rings. The van der Waals surface area contributed by atoms with Crippen molar-refractivity contribution >= 4 is 29.3 Å². The van der Waals surface area contributed by atoms with Crippen LogP contribution in [-0.2, 0) is 4.79 Å². The van der Waals surface area contributed by atoms with Gasteiger partial charge in [-0.3, -0.25) is 4.79 Å². The monoisotopic (exact) mass is 363 g/mol. The van der Waals surface area contributed by atoms with E-state index in [2.05, 4.69) is 27.1 Å². The maximum atomic E-state index is 12.4. The average molecular weight is 364 g/mol. The zero-order chi connectivity index (χ0) is 17.5. The number of aromatic nitrogens is 2. The van der Waals surface area contributed by atoms with Gasteiger partial charge in [-0.05, 0) is 32.1 Å². The van der Waals surface area contributed by atoms with E-state index < -0.39 is 0 Å². The van der Waals surface area contributed by atoms with Gasteiger partial charge in [-0.1, -0.05) is 0 Å². The van der Waals surface area contributed by atoms with Crippen LogP contribution < -0.4 is 10.2 Å². The van der Waals surface area contributed by atoms with E-state index in [9.17, 15) is 4.79 Å². The van der Waals surface area contributed by atoms with Crippen molar-refractivity contribution < 1.29 is 4.79 Å². The minimum Gasteiger partial charge on any atom is -0.370 e. The Balaban J connectivity index is 1.50. The summed E-state index contributed by atoms with van der Waals surface area (Å²) in [5.41, 5.74) is 0. The summed E-state index contributed by atoms with van der Waals surface area (Å²) < 4.78 is 0. The van der Waals surface area contributed by atoms with E-state index in [1.54, 1.807) is 6.33 Å². The SMILES string of the molecule is CCNc1cc(N2CCCC(CCC(=O)N3CCSCC3)C2)ncn1. The molecule has 138 valence electrons. The topological polar surface area (TPSA) is 61.4 Å². The molecule has 2 aliphatic heterocycles. The lowest BCUT2D eigenvalue weighted by molar-refractivity contribution is -0.131. The Morgan fingerprint density at radius 3 is 2.96 bits per heavy atom. The van der Waals surface area contributed by atoms with Crippen molar-refractivity contribution in [2.45, 2.75) is 32.6 Å². The zero-order valence-electron chi connectivity index (χ0n) is 15.1. The lowest BCUT2D eigenvalue weighted by Crippen LogP contribution is -2.39. The minimum atomic E-state index is 0.342. The van der Waals surface area contributed by atoms with Crippen molar-refractivity contribution in [3.05, 3.63) is 12.4 Å². The van der Waals surface area contributed by atoms with Crippen molar-refractivity contribution in [2.24, 2.45) is 5.92 Å². The van der Waals surface area contributed by atoms with E-state index in [0.717, 1.165) is 62.3 Å². The van der Waals surface area contributed by atoms with Gasteiger partial charge in [0.1, 0.15) is 18.0 Å². The molecule has 1 N–H and O–H groups in total. The third kappa shape index (κ3) is 5.23. The second-order valence-electron chi connectivity index (χ2n) is 6.78. The first kappa shape index (κ1) is 18.3. The van der Waals surface area contributed by atoms with Crippen LogP contribution in [0.2, 0.25) is 0 Å². The fourth-order valence-corrected chi connectivity index (χ4v) is 4.51. The summed E-state index contributed by atoms with van der Waals surface area (Å²) >= 11 is 1.95. The van der Waals surface area contributed by atoms with E-state index in [0.29, 0.717) is 18.2 Å². The Hall–Kier alpha value is -1.50. The van der Waals surface area contributed by atoms with Gasteiger partial charge in [0.05, 0.1) is 0 Å². The highest BCUT2D eigenvalue weighted by atomic mass is 32.2. The van der Waals surface area contributed by atoms with Crippen LogP contribution in [0.1, 0.15) is 32.6 Å². The molecule has 0 aromatic carbocycles. The van der Waals surface area contributed by atoms with Crippen LogP contribution >= 0.6 is 11.8 Å². The fourth-order valence-electron chi connectivity index (χ4n) is 3.61. The van der Waals surface area contributed by atoms with Gasteiger partial charge in [-0.25, -0.2) is 9.97 Å². The van der Waals surface area contributed by atoms with Crippen molar-refractivity contribution in [3.8, 4) is 0 Å². The van der Waals surface area contributed by atoms with E-state index in [4.69, 9.17) is 0 Å². The van der Waals surface area contributed by atoms with Gasteiger partial charge in [0.2, 0.25) is 5.91 Å². The molecule has 3 rings (SSSR count). The second kappa shape index (κ2) is 9.27. The number of anilines is 2. The van der Waals surface area contributed by atoms with Crippen molar-refractivity contribution in [2.75, 3.05) is 54.4 Å². The molecule has 2 saturated heterocycles. The summed E-state index contributed by atoms with van der Waals surface area (Å²) in [6, 6.07) is 2.03. The molecule has 1 atom stereocenters. The van der Waals surface area contributed by atoms with Crippen molar-refractivity contribution in [1.82, 2.24) is 14.9 Å². The van der Waals surface area contributed by atoms with Crippen LogP contribution in [0.4, 0.5) is 11.6 Å². The van der Waals surface area contributed by atoms with Gasteiger partial charge < -0.3 is 15.1 Å². The Bertz CT molecular complexity index is 564. The molecule has 2 aliphatic rings. The average Bonchev–Trinajstić information content (AvgIpc) is 2.67. The standard InChI is InChI=1S/C18H29N5OS/c1-2-19-16-12-17(21-14-20-16)23-7-3-4-15(13-23)5-6-18(24)22-8-10-25-11-9-22/h12,14-15H,2-11,13H2,1H3,(H,19,20,21). The molecule has 0 bridgehead atoms. The van der Waals surface area contributed by atoms with Crippen molar-refractivity contribution in [3.63, 3.8) is 0 Å². The molecular formula is C18H29N5OS. The summed E-state index contributed by atoms with van der Waals surface area (Å²) in [5, 5.41) is 3.24. The molecule has 3 heterocycles. The quantitative estimate of drug-likeness (QED) is 0.838. The molecule has 0 aliphatic carbocycles. The highest BCUT2D eigenvalue weighted by molar-refractivity contribution is 7.99. The number of rotatable bonds is 6. The van der Waals surface area contributed by atoms with E-state index in [1.807, 2.05) is 22.7 Å². The largest absolute Gasteiger partial charge is 0.370 e. The molecule has 1 aromatic heterocycles. The van der Waals surface area contributed by atoms with Crippen molar-refractivity contribution in [1.29, 1.82) is 0 Å². The van der Waals surface area contributed by atoms with E-state index in [-0.39, 0.29) is 0 Å². The third-order valence-corrected chi connectivity index (χ3v) is 5.93. The predicted octanol–water partition coefficient (Wildman–Crippen LogP) is 2.48. The molecule has 0 radical (unpaired) electrons. The molecule has 1 unspecified atom stereocenters. The number of nitrogens with one attached hydrogen (secondary N) is 1. The van der Waals surface area contributed by atoms with Gasteiger partial charge in [0.15, 0.2) is 0 Å². The number of hydrogen-bond donors (Lipinski definition) is 1. The van der Waals surface area contributed by atoms with E-state index in [1.165, 1.54) is 12.8 Å². The fraction of sp³-hybridized carbons (Fsp3) is 0.722. The number of nitrogens with zero attached hydrogens (tertiary/aromatic N) is 4. The lowest BCUT2D eigenvalue weighted by Gasteiger charge is -2.34. The lowest BCUT2D eigenvalue weighted by atomic mass is 9.93. The highest BCUT2D eigenvalue weighted by Gasteiger charge is 2.23. The molecule has 25 heavy (non-hydrogen) atoms. The summed E-state index contributed by atoms with van der Waals surface area (Å²) in [5.74, 6) is 4.97. The van der Waals surface area contributed by atoms with Gasteiger partial charge in [0.25, 0.3) is 0 Å². The Kier molecular flexibility index (Phi) is 6.78. The molecular weight excluding hydrogens is 334 g/mol. The number of carbonyl (C=O) groups is 1. The maximum Gasteiger partial charge on any atom is 0.222 e. The van der Waals surface area contributed by atoms with Crippen LogP contribution in [0.25, 0.3) is 0 Å². The molecule has 0 saturated carbocycles. The molecule has 6 nitrogen and oxygen atoms in total. The first-order valence-electron chi connectivity index (χ1n) is 9.42. The predicted molar refractivity (Wildman–Crippen MR) is 104 cm³/mol. The Morgan fingerprint density at radius 1 is 1.32 bits per heavy atom. The first-order chi connectivity index (χ1) is 12.3. The number of amides is 1. The molecule has 1 amide bonds. The van der Waals surface area contributed by atoms with Gasteiger partial charge >= 0.3 is 0 Å². The van der Waals surface area contributed by atoms with Crippen LogP contribution in [0.15, 0.2) is 12.4 Å². The Morgan fingerprint density at radius 2 is 2.16 bits per heavy atom. The van der Waals surface area contributed by atoms with Gasteiger partial charge in [-0.2, -0.15) is 11.8 Å². The van der Waals surface area contributed by atoms with Crippen LogP contribution in [0.5, 0.6) is 0 Å². The summed E-state index contributed by atoms with van der Waals surface area (Å²) in [6.07, 6.45) is 5.69. The van der Waals surface area contributed by atoms with Crippen LogP contribution in [0.3, 0.4) is 0 Å². The molecule has 7 heteroatoms. The minimum absolute atomic E-state index is 0.342. The normalized spacial score (nSPS) is 21.2. The number of hydrogen-bond acceptors (Lipinski definition) is 6. The number of piperidine rings is 1. The van der Waals surface area contributed by atoms with Gasteiger partial charge in [-0.15, -0.1) is 0 Å².